The number of ether oxygens (including phenoxy) is 1. The van der Waals surface area contributed by atoms with Crippen LogP contribution < -0.4 is 15.4 Å². The second-order valence-corrected chi connectivity index (χ2v) is 9.15. The SMILES string of the molecule is CC1CCCCC12NC(=O)N(CC(=O)Nc1ncccc1OCC1CCCCC1)C2=O. The lowest BCUT2D eigenvalue weighted by Crippen LogP contribution is -2.54. The molecule has 1 aromatic heterocycles. The molecular weight excluding hydrogens is 396 g/mol. The van der Waals surface area contributed by atoms with Crippen molar-refractivity contribution in [2.75, 3.05) is 18.5 Å². The Bertz CT molecular complexity index is 839. The highest BCUT2D eigenvalue weighted by Gasteiger charge is 2.55. The van der Waals surface area contributed by atoms with Crippen molar-refractivity contribution < 1.29 is 19.1 Å². The van der Waals surface area contributed by atoms with E-state index in [9.17, 15) is 14.4 Å². The summed E-state index contributed by atoms with van der Waals surface area (Å²) >= 11 is 0. The molecule has 2 saturated carbocycles. The summed E-state index contributed by atoms with van der Waals surface area (Å²) in [5, 5.41) is 5.59. The summed E-state index contributed by atoms with van der Waals surface area (Å²) in [7, 11) is 0. The Hall–Kier alpha value is -2.64. The van der Waals surface area contributed by atoms with Gasteiger partial charge in [0.25, 0.3) is 5.91 Å². The number of hydrogen-bond acceptors (Lipinski definition) is 5. The standard InChI is InChI=1S/C23H32N4O4/c1-16-8-5-6-12-23(16)21(29)27(22(30)26-23)14-19(28)25-20-18(11-7-13-24-20)31-15-17-9-3-2-4-10-17/h7,11,13,16-17H,2-6,8-10,12,14-15H2,1H3,(H,26,30)(H,24,25,28). The third-order valence-corrected chi connectivity index (χ3v) is 7.03. The van der Waals surface area contributed by atoms with Gasteiger partial charge >= 0.3 is 6.03 Å². The number of carbonyl (C=O) groups excluding carboxylic acids is 3. The summed E-state index contributed by atoms with van der Waals surface area (Å²) in [6.07, 6.45) is 11.1. The summed E-state index contributed by atoms with van der Waals surface area (Å²) in [5.74, 6) is 0.644. The molecule has 0 bridgehead atoms. The second kappa shape index (κ2) is 9.24. The van der Waals surface area contributed by atoms with Gasteiger partial charge in [0.15, 0.2) is 11.6 Å². The third kappa shape index (κ3) is 4.52. The van der Waals surface area contributed by atoms with Crippen molar-refractivity contribution in [3.05, 3.63) is 18.3 Å². The quantitative estimate of drug-likeness (QED) is 0.676. The van der Waals surface area contributed by atoms with E-state index in [0.29, 0.717) is 30.5 Å². The molecule has 0 radical (unpaired) electrons. The van der Waals surface area contributed by atoms with Gasteiger partial charge in [-0.1, -0.05) is 39.0 Å². The number of aromatic nitrogens is 1. The molecule has 0 aromatic carbocycles. The van der Waals surface area contributed by atoms with E-state index in [4.69, 9.17) is 4.74 Å². The van der Waals surface area contributed by atoms with Crippen LogP contribution in [0.15, 0.2) is 18.3 Å². The van der Waals surface area contributed by atoms with E-state index in [1.165, 1.54) is 19.3 Å². The number of pyridine rings is 1. The van der Waals surface area contributed by atoms with Crippen LogP contribution in [0.4, 0.5) is 10.6 Å². The first-order chi connectivity index (χ1) is 15.0. The van der Waals surface area contributed by atoms with Crippen LogP contribution in [0.3, 0.4) is 0 Å². The summed E-state index contributed by atoms with van der Waals surface area (Å²) in [4.78, 5) is 43.5. The number of rotatable bonds is 6. The fourth-order valence-corrected chi connectivity index (χ4v) is 5.12. The van der Waals surface area contributed by atoms with E-state index in [2.05, 4.69) is 15.6 Å². The molecule has 2 aliphatic carbocycles. The fourth-order valence-electron chi connectivity index (χ4n) is 5.12. The number of carbonyl (C=O) groups is 3. The van der Waals surface area contributed by atoms with Crippen molar-refractivity contribution >= 4 is 23.7 Å². The zero-order valence-corrected chi connectivity index (χ0v) is 18.2. The average molecular weight is 429 g/mol. The molecule has 4 rings (SSSR count). The van der Waals surface area contributed by atoms with E-state index in [1.807, 2.05) is 6.92 Å². The van der Waals surface area contributed by atoms with Crippen LogP contribution >= 0.6 is 0 Å². The van der Waals surface area contributed by atoms with Gasteiger partial charge in [0.2, 0.25) is 5.91 Å². The number of hydrogen-bond donors (Lipinski definition) is 2. The molecule has 3 aliphatic rings. The molecule has 1 saturated heterocycles. The summed E-state index contributed by atoms with van der Waals surface area (Å²) in [5.41, 5.74) is -0.866. The minimum Gasteiger partial charge on any atom is -0.489 e. The first kappa shape index (κ1) is 21.6. The highest BCUT2D eigenvalue weighted by atomic mass is 16.5. The molecule has 8 nitrogen and oxygen atoms in total. The fraction of sp³-hybridized carbons (Fsp3) is 0.652. The molecule has 2 N–H and O–H groups in total. The lowest BCUT2D eigenvalue weighted by Gasteiger charge is -2.36. The molecule has 168 valence electrons. The zero-order valence-electron chi connectivity index (χ0n) is 18.2. The van der Waals surface area contributed by atoms with Gasteiger partial charge in [0, 0.05) is 6.20 Å². The van der Waals surface area contributed by atoms with Crippen LogP contribution in [0.1, 0.15) is 64.7 Å². The maximum Gasteiger partial charge on any atom is 0.325 e. The van der Waals surface area contributed by atoms with Crippen molar-refractivity contribution in [1.29, 1.82) is 0 Å². The summed E-state index contributed by atoms with van der Waals surface area (Å²) in [6.45, 7) is 2.25. The predicted molar refractivity (Wildman–Crippen MR) is 116 cm³/mol. The number of imide groups is 1. The second-order valence-electron chi connectivity index (χ2n) is 9.15. The van der Waals surface area contributed by atoms with Crippen LogP contribution in [0.25, 0.3) is 0 Å². The Labute approximate surface area is 183 Å². The van der Waals surface area contributed by atoms with Crippen molar-refractivity contribution in [3.8, 4) is 5.75 Å². The molecule has 31 heavy (non-hydrogen) atoms. The predicted octanol–water partition coefficient (Wildman–Crippen LogP) is 3.48. The maximum atomic E-state index is 13.1. The number of nitrogens with one attached hydrogen (secondary N) is 2. The maximum absolute atomic E-state index is 13.1. The molecule has 2 unspecified atom stereocenters. The van der Waals surface area contributed by atoms with Gasteiger partial charge in [0.05, 0.1) is 6.61 Å². The number of nitrogens with zero attached hydrogens (tertiary/aromatic N) is 2. The van der Waals surface area contributed by atoms with Gasteiger partial charge in [-0.15, -0.1) is 0 Å². The summed E-state index contributed by atoms with van der Waals surface area (Å²) in [6, 6.07) is 3.04. The van der Waals surface area contributed by atoms with Crippen molar-refractivity contribution in [1.82, 2.24) is 15.2 Å². The van der Waals surface area contributed by atoms with Crippen LogP contribution in [0, 0.1) is 11.8 Å². The van der Waals surface area contributed by atoms with Gasteiger partial charge < -0.3 is 15.4 Å². The van der Waals surface area contributed by atoms with Gasteiger partial charge in [-0.05, 0) is 49.7 Å². The van der Waals surface area contributed by atoms with Gasteiger partial charge in [-0.25, -0.2) is 9.78 Å². The molecular formula is C23H32N4O4. The molecule has 1 spiro atoms. The summed E-state index contributed by atoms with van der Waals surface area (Å²) < 4.78 is 5.96. The Kier molecular flexibility index (Phi) is 6.43. The van der Waals surface area contributed by atoms with E-state index >= 15 is 0 Å². The van der Waals surface area contributed by atoms with Crippen LogP contribution in [0.5, 0.6) is 5.75 Å². The lowest BCUT2D eigenvalue weighted by molar-refractivity contribution is -0.136. The van der Waals surface area contributed by atoms with E-state index in [1.54, 1.807) is 18.3 Å². The van der Waals surface area contributed by atoms with Crippen LogP contribution in [-0.4, -0.2) is 46.4 Å². The first-order valence-corrected chi connectivity index (χ1v) is 11.5. The van der Waals surface area contributed by atoms with Crippen molar-refractivity contribution in [2.24, 2.45) is 11.8 Å². The average Bonchev–Trinajstić information content (AvgIpc) is 3.01. The van der Waals surface area contributed by atoms with E-state index < -0.39 is 17.5 Å². The highest BCUT2D eigenvalue weighted by Crippen LogP contribution is 2.38. The van der Waals surface area contributed by atoms with E-state index in [0.717, 1.165) is 37.0 Å². The molecule has 4 amide bonds. The minimum atomic E-state index is -0.866. The molecule has 2 heterocycles. The van der Waals surface area contributed by atoms with Crippen molar-refractivity contribution in [3.63, 3.8) is 0 Å². The number of amides is 4. The normalized spacial score (nSPS) is 26.7. The minimum absolute atomic E-state index is 0.0568. The van der Waals surface area contributed by atoms with E-state index in [-0.39, 0.29) is 18.4 Å². The van der Waals surface area contributed by atoms with Crippen molar-refractivity contribution in [2.45, 2.75) is 70.3 Å². The smallest absolute Gasteiger partial charge is 0.325 e. The van der Waals surface area contributed by atoms with Gasteiger partial charge in [0.1, 0.15) is 12.1 Å². The van der Waals surface area contributed by atoms with Gasteiger partial charge in [-0.3, -0.25) is 14.5 Å². The molecule has 8 heteroatoms. The van der Waals surface area contributed by atoms with Crippen LogP contribution in [-0.2, 0) is 9.59 Å². The first-order valence-electron chi connectivity index (χ1n) is 11.5. The van der Waals surface area contributed by atoms with Crippen LogP contribution in [0.2, 0.25) is 0 Å². The molecule has 3 fully saturated rings. The monoisotopic (exact) mass is 428 g/mol. The molecule has 2 atom stereocenters. The Morgan fingerprint density at radius 2 is 2.00 bits per heavy atom. The Balaban J connectivity index is 1.38. The number of urea groups is 1. The third-order valence-electron chi connectivity index (χ3n) is 7.03. The molecule has 1 aromatic rings. The largest absolute Gasteiger partial charge is 0.489 e. The molecule has 1 aliphatic heterocycles. The topological polar surface area (TPSA) is 101 Å². The Morgan fingerprint density at radius 3 is 2.77 bits per heavy atom. The lowest BCUT2D eigenvalue weighted by atomic mass is 9.73. The number of anilines is 1. The zero-order chi connectivity index (χ0) is 21.8. The highest BCUT2D eigenvalue weighted by molar-refractivity contribution is 6.10. The Morgan fingerprint density at radius 1 is 1.23 bits per heavy atom. The van der Waals surface area contributed by atoms with Gasteiger partial charge in [-0.2, -0.15) is 0 Å².